The largest absolute Gasteiger partial charge is 0.295 e. The fraction of sp³-hybridized carbons (Fsp3) is 0. The Labute approximate surface area is 71.1 Å². The minimum absolute atomic E-state index is 0.472. The first-order chi connectivity index (χ1) is 5.29. The van der Waals surface area contributed by atoms with Gasteiger partial charge in [-0.15, -0.1) is 12.6 Å². The van der Waals surface area contributed by atoms with Crippen molar-refractivity contribution in [2.45, 2.75) is 5.03 Å². The Balaban J connectivity index is 2.92. The lowest BCUT2D eigenvalue weighted by Crippen LogP contribution is -2.04. The van der Waals surface area contributed by atoms with Gasteiger partial charge in [0, 0.05) is 11.8 Å². The van der Waals surface area contributed by atoms with Gasteiger partial charge in [0.1, 0.15) is 13.5 Å². The normalized spacial score (nSPS) is 10.6. The maximum atomic E-state index is 5.54. The molecule has 0 saturated heterocycles. The Bertz CT molecular complexity index is 396. The van der Waals surface area contributed by atoms with Gasteiger partial charge in [0.25, 0.3) is 0 Å². The Morgan fingerprint density at radius 3 is 3.00 bits per heavy atom. The van der Waals surface area contributed by atoms with Crippen LogP contribution >= 0.6 is 12.6 Å². The first-order valence-electron chi connectivity index (χ1n) is 3.20. The van der Waals surface area contributed by atoms with Crippen molar-refractivity contribution in [1.29, 1.82) is 0 Å². The second kappa shape index (κ2) is 2.31. The predicted octanol–water partition coefficient (Wildman–Crippen LogP) is 0.417. The molecule has 2 heterocycles. The summed E-state index contributed by atoms with van der Waals surface area (Å²) >= 11 is 4.19. The van der Waals surface area contributed by atoms with Crippen molar-refractivity contribution < 1.29 is 0 Å². The molecule has 0 N–H and O–H groups in total. The summed E-state index contributed by atoms with van der Waals surface area (Å²) in [6.07, 6.45) is 1.88. The third-order valence-electron chi connectivity index (χ3n) is 1.53. The smallest absolute Gasteiger partial charge is 0.145 e. The molecule has 0 spiro atoms. The lowest BCUT2D eigenvalue weighted by Gasteiger charge is -1.92. The summed E-state index contributed by atoms with van der Waals surface area (Å²) in [4.78, 5) is 4.08. The van der Waals surface area contributed by atoms with Crippen LogP contribution in [0, 0.1) is 0 Å². The second-order valence-electron chi connectivity index (χ2n) is 2.25. The minimum Gasteiger partial charge on any atom is -0.295 e. The molecule has 4 heteroatoms. The highest BCUT2D eigenvalue weighted by molar-refractivity contribution is 7.80. The molecule has 52 valence electrons. The van der Waals surface area contributed by atoms with Gasteiger partial charge in [0.15, 0.2) is 0 Å². The first kappa shape index (κ1) is 6.79. The van der Waals surface area contributed by atoms with Crippen molar-refractivity contribution in [3.8, 4) is 0 Å². The number of hydrogen-bond donors (Lipinski definition) is 1. The van der Waals surface area contributed by atoms with Crippen LogP contribution in [0.3, 0.4) is 0 Å². The maximum Gasteiger partial charge on any atom is 0.145 e. The van der Waals surface area contributed by atoms with Gasteiger partial charge in [-0.25, -0.2) is 4.98 Å². The van der Waals surface area contributed by atoms with Crippen molar-refractivity contribution in [3.05, 3.63) is 24.4 Å². The number of hydrogen-bond acceptors (Lipinski definition) is 2. The van der Waals surface area contributed by atoms with Gasteiger partial charge in [-0.3, -0.25) is 4.40 Å². The van der Waals surface area contributed by atoms with E-state index in [0.29, 0.717) is 10.6 Å². The predicted molar refractivity (Wildman–Crippen MR) is 47.8 cm³/mol. The van der Waals surface area contributed by atoms with Crippen LogP contribution in [0.15, 0.2) is 29.4 Å². The second-order valence-corrected chi connectivity index (χ2v) is 2.67. The molecule has 2 nitrogen and oxygen atoms in total. The molecule has 0 aliphatic carbocycles. The highest BCUT2D eigenvalue weighted by Crippen LogP contribution is 2.05. The summed E-state index contributed by atoms with van der Waals surface area (Å²) in [7, 11) is 5.54. The zero-order chi connectivity index (χ0) is 7.84. The number of imidazole rings is 1. The number of pyridine rings is 1. The Kier molecular flexibility index (Phi) is 1.42. The molecule has 2 rings (SSSR count). The van der Waals surface area contributed by atoms with Crippen molar-refractivity contribution in [3.63, 3.8) is 0 Å². The van der Waals surface area contributed by atoms with Crippen LogP contribution in [0.25, 0.3) is 5.65 Å². The summed E-state index contributed by atoms with van der Waals surface area (Å²) in [5, 5.41) is 0.695. The molecule has 0 atom stereocenters. The van der Waals surface area contributed by atoms with Crippen LogP contribution in [-0.2, 0) is 0 Å². The van der Waals surface area contributed by atoms with Gasteiger partial charge in [-0.1, -0.05) is 6.07 Å². The molecule has 0 fully saturated rings. The molecule has 0 amide bonds. The zero-order valence-electron chi connectivity index (χ0n) is 5.73. The number of aromatic nitrogens is 2. The van der Waals surface area contributed by atoms with E-state index in [1.807, 2.05) is 28.8 Å². The van der Waals surface area contributed by atoms with E-state index < -0.39 is 0 Å². The van der Waals surface area contributed by atoms with Crippen LogP contribution in [0.4, 0.5) is 0 Å². The zero-order valence-corrected chi connectivity index (χ0v) is 6.62. The van der Waals surface area contributed by atoms with Crippen LogP contribution in [0.2, 0.25) is 0 Å². The number of nitrogens with zero attached hydrogens (tertiary/aromatic N) is 2. The first-order valence-corrected chi connectivity index (χ1v) is 3.65. The molecule has 2 aromatic heterocycles. The lowest BCUT2D eigenvalue weighted by atomic mass is 10.1. The lowest BCUT2D eigenvalue weighted by molar-refractivity contribution is 1.06. The SMILES string of the molecule is [B]c1nc2ccccn2c1S. The summed E-state index contributed by atoms with van der Waals surface area (Å²) < 4.78 is 1.83. The van der Waals surface area contributed by atoms with E-state index in [9.17, 15) is 0 Å². The molecular weight excluding hydrogens is 155 g/mol. The van der Waals surface area contributed by atoms with Crippen LogP contribution in [0.1, 0.15) is 0 Å². The van der Waals surface area contributed by atoms with E-state index >= 15 is 0 Å². The molecule has 0 bridgehead atoms. The Hall–Kier alpha value is -0.895. The summed E-state index contributed by atoms with van der Waals surface area (Å²) in [5.41, 5.74) is 1.30. The Morgan fingerprint density at radius 1 is 1.45 bits per heavy atom. The third-order valence-corrected chi connectivity index (χ3v) is 1.98. The van der Waals surface area contributed by atoms with Crippen LogP contribution in [0.5, 0.6) is 0 Å². The number of fused-ring (bicyclic) bond motifs is 1. The Morgan fingerprint density at radius 2 is 2.27 bits per heavy atom. The van der Waals surface area contributed by atoms with E-state index in [-0.39, 0.29) is 0 Å². The topological polar surface area (TPSA) is 17.3 Å². The van der Waals surface area contributed by atoms with Crippen molar-refractivity contribution in [2.24, 2.45) is 0 Å². The third kappa shape index (κ3) is 0.941. The molecule has 2 radical (unpaired) electrons. The molecule has 2 aromatic rings. The average molecular weight is 160 g/mol. The van der Waals surface area contributed by atoms with Crippen LogP contribution in [-0.4, -0.2) is 17.2 Å². The van der Waals surface area contributed by atoms with Crippen molar-refractivity contribution in [2.75, 3.05) is 0 Å². The van der Waals surface area contributed by atoms with E-state index in [4.69, 9.17) is 7.85 Å². The highest BCUT2D eigenvalue weighted by atomic mass is 32.1. The molecule has 0 aliphatic rings. The fourth-order valence-corrected chi connectivity index (χ4v) is 1.22. The quantitative estimate of drug-likeness (QED) is 0.436. The summed E-state index contributed by atoms with van der Waals surface area (Å²) in [6.45, 7) is 0. The van der Waals surface area contributed by atoms with Gasteiger partial charge in [-0.2, -0.15) is 0 Å². The van der Waals surface area contributed by atoms with Gasteiger partial charge in [0.05, 0.1) is 5.03 Å². The number of thiol groups is 1. The number of rotatable bonds is 0. The summed E-state index contributed by atoms with van der Waals surface area (Å²) in [5.74, 6) is 0. The van der Waals surface area contributed by atoms with Gasteiger partial charge in [0.2, 0.25) is 0 Å². The minimum atomic E-state index is 0.472. The van der Waals surface area contributed by atoms with Gasteiger partial charge in [-0.05, 0) is 12.1 Å². The molecule has 11 heavy (non-hydrogen) atoms. The van der Waals surface area contributed by atoms with Crippen LogP contribution < -0.4 is 5.59 Å². The molecule has 0 saturated carbocycles. The van der Waals surface area contributed by atoms with E-state index in [0.717, 1.165) is 5.65 Å². The van der Waals surface area contributed by atoms with E-state index in [1.165, 1.54) is 0 Å². The van der Waals surface area contributed by atoms with Crippen molar-refractivity contribution in [1.82, 2.24) is 9.38 Å². The monoisotopic (exact) mass is 160 g/mol. The molecule has 0 aliphatic heterocycles. The molecule has 0 unspecified atom stereocenters. The van der Waals surface area contributed by atoms with E-state index in [1.54, 1.807) is 0 Å². The van der Waals surface area contributed by atoms with Gasteiger partial charge < -0.3 is 0 Å². The standard InChI is InChI=1S/C7H5BN2S/c8-6-7(11)10-4-2-1-3-5(10)9-6/h1-4,11H. The average Bonchev–Trinajstić information content (AvgIpc) is 2.30. The molecule has 0 aromatic carbocycles. The maximum absolute atomic E-state index is 5.54. The van der Waals surface area contributed by atoms with Crippen molar-refractivity contribution >= 4 is 31.7 Å². The molecular formula is C7H5BN2S. The highest BCUT2D eigenvalue weighted by Gasteiger charge is 2.01. The van der Waals surface area contributed by atoms with E-state index in [2.05, 4.69) is 17.6 Å². The summed E-state index contributed by atoms with van der Waals surface area (Å²) in [6, 6.07) is 5.71. The fourth-order valence-electron chi connectivity index (χ4n) is 1.00. The van der Waals surface area contributed by atoms with Gasteiger partial charge >= 0.3 is 0 Å².